The first-order chi connectivity index (χ1) is 7.22. The van der Waals surface area contributed by atoms with Gasteiger partial charge in [0.2, 0.25) is 0 Å². The van der Waals surface area contributed by atoms with Crippen LogP contribution in [0.5, 0.6) is 0 Å². The van der Waals surface area contributed by atoms with E-state index in [1.807, 2.05) is 13.8 Å². The van der Waals surface area contributed by atoms with Crippen LogP contribution in [0, 0.1) is 0 Å². The first kappa shape index (κ1) is 10.7. The van der Waals surface area contributed by atoms with Gasteiger partial charge < -0.3 is 4.74 Å². The molecule has 0 spiro atoms. The summed E-state index contributed by atoms with van der Waals surface area (Å²) in [6.45, 7) is 6.31. The molecule has 1 heterocycles. The van der Waals surface area contributed by atoms with E-state index in [1.165, 1.54) is 18.4 Å². The van der Waals surface area contributed by atoms with Crippen LogP contribution in [0.1, 0.15) is 33.1 Å². The molecule has 0 N–H and O–H groups in total. The number of carbonyl (C=O) groups is 1. The van der Waals surface area contributed by atoms with Crippen molar-refractivity contribution < 1.29 is 9.53 Å². The Morgan fingerprint density at radius 3 is 2.87 bits per heavy atom. The molecular weight excluding hydrogens is 190 g/mol. The molecule has 1 aliphatic carbocycles. The van der Waals surface area contributed by atoms with E-state index in [-0.39, 0.29) is 5.97 Å². The van der Waals surface area contributed by atoms with Crippen LogP contribution < -0.4 is 0 Å². The van der Waals surface area contributed by atoms with Crippen LogP contribution in [-0.4, -0.2) is 36.6 Å². The van der Waals surface area contributed by atoms with E-state index in [1.54, 1.807) is 0 Å². The van der Waals surface area contributed by atoms with Crippen molar-refractivity contribution in [3.05, 3.63) is 11.1 Å². The average molecular weight is 209 g/mol. The van der Waals surface area contributed by atoms with Gasteiger partial charge >= 0.3 is 5.97 Å². The van der Waals surface area contributed by atoms with Gasteiger partial charge in [-0.25, -0.2) is 4.79 Å². The fourth-order valence-electron chi connectivity index (χ4n) is 2.12. The van der Waals surface area contributed by atoms with E-state index in [0.29, 0.717) is 6.61 Å². The van der Waals surface area contributed by atoms with Gasteiger partial charge in [-0.1, -0.05) is 0 Å². The maximum absolute atomic E-state index is 11.5. The SMILES string of the molecule is CCOC(=O)C(C)=C1CCN(C2CC2)C1. The third-order valence-electron chi connectivity index (χ3n) is 3.27. The van der Waals surface area contributed by atoms with Gasteiger partial charge in [0.15, 0.2) is 0 Å². The average Bonchev–Trinajstić information content (AvgIpc) is 2.96. The number of nitrogens with zero attached hydrogens (tertiary/aromatic N) is 1. The molecule has 1 saturated heterocycles. The topological polar surface area (TPSA) is 29.5 Å². The van der Waals surface area contributed by atoms with E-state index in [9.17, 15) is 4.79 Å². The lowest BCUT2D eigenvalue weighted by Crippen LogP contribution is -2.21. The summed E-state index contributed by atoms with van der Waals surface area (Å²) in [4.78, 5) is 14.0. The van der Waals surface area contributed by atoms with Crippen LogP contribution >= 0.6 is 0 Å². The molecule has 15 heavy (non-hydrogen) atoms. The predicted octanol–water partition coefficient (Wildman–Crippen LogP) is 1.73. The summed E-state index contributed by atoms with van der Waals surface area (Å²) in [5.41, 5.74) is 2.11. The molecule has 1 aliphatic heterocycles. The zero-order chi connectivity index (χ0) is 10.8. The Kier molecular flexibility index (Phi) is 3.10. The van der Waals surface area contributed by atoms with Crippen molar-refractivity contribution in [3.8, 4) is 0 Å². The second-order valence-electron chi connectivity index (χ2n) is 4.40. The van der Waals surface area contributed by atoms with Crippen LogP contribution in [0.3, 0.4) is 0 Å². The van der Waals surface area contributed by atoms with Gasteiger partial charge in [-0.3, -0.25) is 4.90 Å². The fourth-order valence-corrected chi connectivity index (χ4v) is 2.12. The predicted molar refractivity (Wildman–Crippen MR) is 58.5 cm³/mol. The number of rotatable bonds is 3. The maximum atomic E-state index is 11.5. The molecule has 0 aromatic heterocycles. The van der Waals surface area contributed by atoms with Crippen molar-refractivity contribution >= 4 is 5.97 Å². The Labute approximate surface area is 91.1 Å². The van der Waals surface area contributed by atoms with Gasteiger partial charge in [0.1, 0.15) is 0 Å². The van der Waals surface area contributed by atoms with Crippen molar-refractivity contribution in [1.29, 1.82) is 0 Å². The number of likely N-dealkylation sites (tertiary alicyclic amines) is 1. The molecule has 2 fully saturated rings. The van der Waals surface area contributed by atoms with E-state index in [0.717, 1.165) is 31.1 Å². The number of ether oxygens (including phenoxy) is 1. The molecule has 0 atom stereocenters. The van der Waals surface area contributed by atoms with Gasteiger partial charge in [-0.15, -0.1) is 0 Å². The molecule has 0 bridgehead atoms. The van der Waals surface area contributed by atoms with E-state index >= 15 is 0 Å². The summed E-state index contributed by atoms with van der Waals surface area (Å²) in [7, 11) is 0. The number of hydrogen-bond donors (Lipinski definition) is 0. The van der Waals surface area contributed by atoms with E-state index in [4.69, 9.17) is 4.74 Å². The molecule has 2 rings (SSSR count). The first-order valence-electron chi connectivity index (χ1n) is 5.82. The zero-order valence-corrected chi connectivity index (χ0v) is 9.58. The molecule has 0 unspecified atom stereocenters. The molecule has 3 nitrogen and oxygen atoms in total. The van der Waals surface area contributed by atoms with Crippen molar-refractivity contribution in [2.75, 3.05) is 19.7 Å². The second kappa shape index (κ2) is 4.35. The highest BCUT2D eigenvalue weighted by Gasteiger charge is 2.33. The number of carbonyl (C=O) groups excluding carboxylic acids is 1. The standard InChI is InChI=1S/C12H19NO2/c1-3-15-12(14)9(2)10-6-7-13(8-10)11-4-5-11/h11H,3-8H2,1-2H3. The first-order valence-corrected chi connectivity index (χ1v) is 5.82. The van der Waals surface area contributed by atoms with Crippen LogP contribution in [0.2, 0.25) is 0 Å². The Morgan fingerprint density at radius 2 is 2.27 bits per heavy atom. The minimum Gasteiger partial charge on any atom is -0.463 e. The maximum Gasteiger partial charge on any atom is 0.333 e. The van der Waals surface area contributed by atoms with Gasteiger partial charge in [-0.05, 0) is 38.7 Å². The molecule has 2 aliphatic rings. The van der Waals surface area contributed by atoms with E-state index in [2.05, 4.69) is 4.90 Å². The van der Waals surface area contributed by atoms with Crippen molar-refractivity contribution in [2.24, 2.45) is 0 Å². The van der Waals surface area contributed by atoms with Crippen LogP contribution in [-0.2, 0) is 9.53 Å². The molecule has 1 saturated carbocycles. The summed E-state index contributed by atoms with van der Waals surface area (Å²) in [5, 5.41) is 0. The molecule has 0 aromatic rings. The fraction of sp³-hybridized carbons (Fsp3) is 0.750. The van der Waals surface area contributed by atoms with Gasteiger partial charge in [0.05, 0.1) is 6.61 Å². The molecular formula is C12H19NO2. The van der Waals surface area contributed by atoms with Crippen molar-refractivity contribution in [1.82, 2.24) is 4.90 Å². The summed E-state index contributed by atoms with van der Waals surface area (Å²) < 4.78 is 5.01. The molecule has 84 valence electrons. The van der Waals surface area contributed by atoms with Gasteiger partial charge in [0, 0.05) is 24.7 Å². The van der Waals surface area contributed by atoms with Crippen molar-refractivity contribution in [2.45, 2.75) is 39.2 Å². The lowest BCUT2D eigenvalue weighted by atomic mass is 10.1. The monoisotopic (exact) mass is 209 g/mol. The largest absolute Gasteiger partial charge is 0.463 e. The van der Waals surface area contributed by atoms with E-state index < -0.39 is 0 Å². The normalized spacial score (nSPS) is 25.5. The molecule has 0 radical (unpaired) electrons. The highest BCUT2D eigenvalue weighted by molar-refractivity contribution is 5.88. The quantitative estimate of drug-likeness (QED) is 0.523. The number of esters is 1. The Balaban J connectivity index is 1.96. The zero-order valence-electron chi connectivity index (χ0n) is 9.58. The van der Waals surface area contributed by atoms with Crippen LogP contribution in [0.15, 0.2) is 11.1 Å². The van der Waals surface area contributed by atoms with Crippen molar-refractivity contribution in [3.63, 3.8) is 0 Å². The number of hydrogen-bond acceptors (Lipinski definition) is 3. The van der Waals surface area contributed by atoms with Gasteiger partial charge in [0.25, 0.3) is 0 Å². The summed E-state index contributed by atoms with van der Waals surface area (Å²) in [6, 6.07) is 0.803. The molecule has 0 aromatic carbocycles. The van der Waals surface area contributed by atoms with Crippen LogP contribution in [0.25, 0.3) is 0 Å². The summed E-state index contributed by atoms with van der Waals surface area (Å²) in [5.74, 6) is -0.134. The Morgan fingerprint density at radius 1 is 1.53 bits per heavy atom. The lowest BCUT2D eigenvalue weighted by Gasteiger charge is -2.12. The smallest absolute Gasteiger partial charge is 0.333 e. The minimum absolute atomic E-state index is 0.134. The molecule has 0 amide bonds. The summed E-state index contributed by atoms with van der Waals surface area (Å²) >= 11 is 0. The highest BCUT2D eigenvalue weighted by atomic mass is 16.5. The molecule has 3 heteroatoms. The highest BCUT2D eigenvalue weighted by Crippen LogP contribution is 2.32. The van der Waals surface area contributed by atoms with Gasteiger partial charge in [-0.2, -0.15) is 0 Å². The van der Waals surface area contributed by atoms with Crippen LogP contribution in [0.4, 0.5) is 0 Å². The minimum atomic E-state index is -0.134. The lowest BCUT2D eigenvalue weighted by molar-refractivity contribution is -0.138. The third-order valence-corrected chi connectivity index (χ3v) is 3.27. The Bertz CT molecular complexity index is 292. The third kappa shape index (κ3) is 2.40. The second-order valence-corrected chi connectivity index (χ2v) is 4.40. The summed E-state index contributed by atoms with van der Waals surface area (Å²) in [6.07, 6.45) is 3.72. The Hall–Kier alpha value is -0.830.